The number of nitrogens with one attached hydrogen (secondary N) is 1. The Morgan fingerprint density at radius 2 is 2.08 bits per heavy atom. The Balaban J connectivity index is 2.39. The molecule has 2 rings (SSSR count). The van der Waals surface area contributed by atoms with Gasteiger partial charge < -0.3 is 19.9 Å². The van der Waals surface area contributed by atoms with Crippen LogP contribution in [0.5, 0.6) is 11.5 Å². The minimum absolute atomic E-state index is 0.130. The van der Waals surface area contributed by atoms with E-state index in [-0.39, 0.29) is 17.0 Å². The van der Waals surface area contributed by atoms with Crippen LogP contribution in [0.15, 0.2) is 17.8 Å². The molecule has 0 aromatic heterocycles. The number of hydrogen-bond acceptors (Lipinski definition) is 8. The molecule has 0 radical (unpaired) electrons. The predicted molar refractivity (Wildman–Crippen MR) is 81.6 cm³/mol. The number of phenols is 1. The van der Waals surface area contributed by atoms with E-state index in [1.807, 2.05) is 0 Å². The van der Waals surface area contributed by atoms with Crippen LogP contribution in [0.4, 0.5) is 10.5 Å². The Bertz CT molecular complexity index is 802. The summed E-state index contributed by atoms with van der Waals surface area (Å²) in [5, 5.41) is 22.9. The minimum Gasteiger partial charge on any atom is -0.500 e. The number of carbonyl (C=O) groups excluding carboxylic acids is 3. The molecule has 1 aromatic carbocycles. The number of nitro benzene ring substituents is 1. The summed E-state index contributed by atoms with van der Waals surface area (Å²) in [5.41, 5.74) is -0.699. The molecule has 1 saturated heterocycles. The number of amides is 3. The zero-order valence-electron chi connectivity index (χ0n) is 13.1. The summed E-state index contributed by atoms with van der Waals surface area (Å²) in [6.45, 7) is -0.572. The van der Waals surface area contributed by atoms with Crippen LogP contribution in [-0.2, 0) is 14.3 Å². The number of nitro groups is 1. The molecule has 1 aromatic rings. The van der Waals surface area contributed by atoms with Gasteiger partial charge in [0.2, 0.25) is 5.75 Å². The molecule has 0 unspecified atom stereocenters. The molecule has 132 valence electrons. The molecule has 25 heavy (non-hydrogen) atoms. The summed E-state index contributed by atoms with van der Waals surface area (Å²) >= 11 is 0. The average Bonchev–Trinajstić information content (AvgIpc) is 2.83. The number of esters is 1. The average molecular weight is 351 g/mol. The standard InChI is InChI=1S/C14H13N3O8/c1-24-10-5-7(4-9(12(10)19)17(22)23)3-8-13(20)16(14(21)15-8)6-11(18)25-2/h3-5,19H,6H2,1-2H3,(H,15,21)/b8-3+. The normalized spacial score (nSPS) is 15.3. The fourth-order valence-electron chi connectivity index (χ4n) is 2.07. The van der Waals surface area contributed by atoms with Crippen molar-refractivity contribution in [1.29, 1.82) is 0 Å². The van der Waals surface area contributed by atoms with E-state index in [0.717, 1.165) is 19.3 Å². The van der Waals surface area contributed by atoms with Crippen molar-refractivity contribution >= 4 is 29.7 Å². The van der Waals surface area contributed by atoms with Crippen LogP contribution in [0, 0.1) is 10.1 Å². The Labute approximate surface area is 140 Å². The molecule has 0 bridgehead atoms. The lowest BCUT2D eigenvalue weighted by atomic mass is 10.1. The first-order chi connectivity index (χ1) is 11.8. The van der Waals surface area contributed by atoms with E-state index in [0.29, 0.717) is 4.90 Å². The number of carbonyl (C=O) groups is 3. The molecule has 1 aliphatic heterocycles. The first kappa shape index (κ1) is 17.7. The third-order valence-corrected chi connectivity index (χ3v) is 3.28. The number of hydrogen-bond donors (Lipinski definition) is 2. The molecule has 0 atom stereocenters. The third-order valence-electron chi connectivity index (χ3n) is 3.28. The smallest absolute Gasteiger partial charge is 0.329 e. The Hall–Kier alpha value is -3.63. The largest absolute Gasteiger partial charge is 0.500 e. The molecule has 3 amide bonds. The fraction of sp³-hybridized carbons (Fsp3) is 0.214. The van der Waals surface area contributed by atoms with E-state index in [9.17, 15) is 29.6 Å². The number of methoxy groups -OCH3 is 2. The van der Waals surface area contributed by atoms with E-state index in [2.05, 4.69) is 10.1 Å². The number of imide groups is 1. The lowest BCUT2D eigenvalue weighted by Gasteiger charge is -2.09. The minimum atomic E-state index is -0.832. The van der Waals surface area contributed by atoms with E-state index in [4.69, 9.17) is 4.74 Å². The molecule has 1 fully saturated rings. The number of phenolic OH excluding ortho intramolecular Hbond substituents is 1. The van der Waals surface area contributed by atoms with Gasteiger partial charge in [-0.25, -0.2) is 9.69 Å². The fourth-order valence-corrected chi connectivity index (χ4v) is 2.07. The maximum absolute atomic E-state index is 12.2. The van der Waals surface area contributed by atoms with Crippen LogP contribution in [-0.4, -0.2) is 53.6 Å². The quantitative estimate of drug-likeness (QED) is 0.254. The Kier molecular flexibility index (Phi) is 4.86. The summed E-state index contributed by atoms with van der Waals surface area (Å²) in [6.07, 6.45) is 1.16. The van der Waals surface area contributed by atoms with Crippen LogP contribution in [0.2, 0.25) is 0 Å². The zero-order valence-corrected chi connectivity index (χ0v) is 13.1. The molecule has 0 saturated carbocycles. The van der Waals surface area contributed by atoms with E-state index >= 15 is 0 Å². The second-order valence-corrected chi connectivity index (χ2v) is 4.80. The van der Waals surface area contributed by atoms with Gasteiger partial charge in [0.15, 0.2) is 5.75 Å². The molecular formula is C14H13N3O8. The zero-order chi connectivity index (χ0) is 18.7. The van der Waals surface area contributed by atoms with Crippen LogP contribution < -0.4 is 10.1 Å². The van der Waals surface area contributed by atoms with Crippen molar-refractivity contribution in [2.45, 2.75) is 0 Å². The van der Waals surface area contributed by atoms with Gasteiger partial charge in [0.05, 0.1) is 19.1 Å². The molecule has 1 aliphatic rings. The second kappa shape index (κ2) is 6.86. The lowest BCUT2D eigenvalue weighted by Crippen LogP contribution is -2.36. The summed E-state index contributed by atoms with van der Waals surface area (Å²) in [7, 11) is 2.32. The summed E-state index contributed by atoms with van der Waals surface area (Å²) in [4.78, 5) is 45.9. The number of benzene rings is 1. The number of rotatable bonds is 5. The highest BCUT2D eigenvalue weighted by Gasteiger charge is 2.35. The van der Waals surface area contributed by atoms with Gasteiger partial charge in [-0.1, -0.05) is 0 Å². The van der Waals surface area contributed by atoms with Crippen molar-refractivity contribution in [3.8, 4) is 11.5 Å². The first-order valence-electron chi connectivity index (χ1n) is 6.75. The Morgan fingerprint density at radius 3 is 2.64 bits per heavy atom. The number of aromatic hydroxyl groups is 1. The molecular weight excluding hydrogens is 338 g/mol. The van der Waals surface area contributed by atoms with Gasteiger partial charge in [0.1, 0.15) is 12.2 Å². The third kappa shape index (κ3) is 3.49. The van der Waals surface area contributed by atoms with Gasteiger partial charge in [-0.3, -0.25) is 19.7 Å². The maximum atomic E-state index is 12.2. The van der Waals surface area contributed by atoms with Crippen LogP contribution >= 0.6 is 0 Å². The highest BCUT2D eigenvalue weighted by Crippen LogP contribution is 2.37. The first-order valence-corrected chi connectivity index (χ1v) is 6.75. The SMILES string of the molecule is COC(=O)CN1C(=O)N/C(=C/c2cc(OC)c(O)c([N+](=O)[O-])c2)C1=O. The van der Waals surface area contributed by atoms with Crippen LogP contribution in [0.25, 0.3) is 6.08 Å². The van der Waals surface area contributed by atoms with Crippen molar-refractivity contribution in [3.05, 3.63) is 33.5 Å². The van der Waals surface area contributed by atoms with Gasteiger partial charge in [-0.15, -0.1) is 0 Å². The van der Waals surface area contributed by atoms with Gasteiger partial charge in [0, 0.05) is 6.07 Å². The molecule has 2 N–H and O–H groups in total. The van der Waals surface area contributed by atoms with Crippen LogP contribution in [0.3, 0.4) is 0 Å². The van der Waals surface area contributed by atoms with Crippen molar-refractivity contribution in [3.63, 3.8) is 0 Å². The second-order valence-electron chi connectivity index (χ2n) is 4.80. The number of ether oxygens (including phenoxy) is 2. The monoisotopic (exact) mass is 351 g/mol. The molecule has 0 spiro atoms. The van der Waals surface area contributed by atoms with Gasteiger partial charge in [0.25, 0.3) is 5.91 Å². The summed E-state index contributed by atoms with van der Waals surface area (Å²) < 4.78 is 9.25. The van der Waals surface area contributed by atoms with E-state index < -0.39 is 40.8 Å². The van der Waals surface area contributed by atoms with Crippen molar-refractivity contribution in [2.24, 2.45) is 0 Å². The van der Waals surface area contributed by atoms with Gasteiger partial charge in [-0.05, 0) is 17.7 Å². The van der Waals surface area contributed by atoms with Crippen molar-refractivity contribution < 1.29 is 33.9 Å². The van der Waals surface area contributed by atoms with Crippen molar-refractivity contribution in [2.75, 3.05) is 20.8 Å². The summed E-state index contributed by atoms with van der Waals surface area (Å²) in [6, 6.07) is 1.42. The Morgan fingerprint density at radius 1 is 1.40 bits per heavy atom. The molecule has 11 heteroatoms. The van der Waals surface area contributed by atoms with Crippen molar-refractivity contribution in [1.82, 2.24) is 10.2 Å². The summed E-state index contributed by atoms with van der Waals surface area (Å²) in [5.74, 6) is -2.43. The number of nitrogens with zero attached hydrogens (tertiary/aromatic N) is 2. The van der Waals surface area contributed by atoms with Crippen LogP contribution in [0.1, 0.15) is 5.56 Å². The van der Waals surface area contributed by atoms with E-state index in [1.54, 1.807) is 0 Å². The lowest BCUT2D eigenvalue weighted by molar-refractivity contribution is -0.386. The van der Waals surface area contributed by atoms with E-state index in [1.165, 1.54) is 13.2 Å². The highest BCUT2D eigenvalue weighted by atomic mass is 16.6. The maximum Gasteiger partial charge on any atom is 0.329 e. The van der Waals surface area contributed by atoms with Gasteiger partial charge >= 0.3 is 17.7 Å². The molecule has 11 nitrogen and oxygen atoms in total. The topological polar surface area (TPSA) is 148 Å². The molecule has 0 aliphatic carbocycles. The highest BCUT2D eigenvalue weighted by molar-refractivity contribution is 6.15. The predicted octanol–water partition coefficient (Wildman–Crippen LogP) is 0.375. The van der Waals surface area contributed by atoms with Gasteiger partial charge in [-0.2, -0.15) is 0 Å². The molecule has 1 heterocycles. The number of urea groups is 1.